The van der Waals surface area contributed by atoms with Gasteiger partial charge in [-0.1, -0.05) is 61.0 Å². The molecule has 0 radical (unpaired) electrons. The van der Waals surface area contributed by atoms with Crippen molar-refractivity contribution in [1.82, 2.24) is 5.32 Å². The molecule has 1 aromatic carbocycles. The normalized spacial score (nSPS) is 36.7. The van der Waals surface area contributed by atoms with E-state index in [1.807, 2.05) is 43.3 Å². The van der Waals surface area contributed by atoms with E-state index in [1.54, 1.807) is 0 Å². The van der Waals surface area contributed by atoms with Crippen molar-refractivity contribution in [3.8, 4) is 0 Å². The lowest BCUT2D eigenvalue weighted by molar-refractivity contribution is -0.145. The van der Waals surface area contributed by atoms with Crippen molar-refractivity contribution in [2.24, 2.45) is 33.7 Å². The molecule has 0 bridgehead atoms. The fourth-order valence-corrected chi connectivity index (χ4v) is 8.09. The number of amides is 1. The van der Waals surface area contributed by atoms with Gasteiger partial charge in [0.15, 0.2) is 6.61 Å². The lowest BCUT2D eigenvalue weighted by Gasteiger charge is -2.58. The van der Waals surface area contributed by atoms with Crippen molar-refractivity contribution in [1.29, 1.82) is 0 Å². The molecule has 0 aliphatic heterocycles. The van der Waals surface area contributed by atoms with Crippen LogP contribution in [0.15, 0.2) is 59.3 Å². The largest absolute Gasteiger partial charge is 0.467 e. The molecule has 3 saturated carbocycles. The molecule has 3 fully saturated rings. The number of carbonyl (C=O) groups is 2. The molecule has 7 nitrogen and oxygen atoms in total. The summed E-state index contributed by atoms with van der Waals surface area (Å²) in [6.07, 6.45) is 13.1. The van der Waals surface area contributed by atoms with E-state index in [0.717, 1.165) is 44.1 Å². The summed E-state index contributed by atoms with van der Waals surface area (Å²) in [5.41, 5.74) is 2.43. The van der Waals surface area contributed by atoms with E-state index in [2.05, 4.69) is 36.5 Å². The quantitative estimate of drug-likeness (QED) is 0.389. The highest BCUT2D eigenvalue weighted by molar-refractivity contribution is 6.05. The molecule has 7 atom stereocenters. The molecule has 0 aromatic heterocycles. The zero-order chi connectivity index (χ0) is 27.8. The molecule has 39 heavy (non-hydrogen) atoms. The number of nitrogens with zero attached hydrogens (tertiary/aromatic N) is 1. The summed E-state index contributed by atoms with van der Waals surface area (Å²) >= 11 is 0. The number of carbonyl (C=O) groups excluding carboxylic acids is 2. The van der Waals surface area contributed by atoms with Gasteiger partial charge in [0.25, 0.3) is 5.91 Å². The van der Waals surface area contributed by atoms with E-state index in [-0.39, 0.29) is 17.4 Å². The minimum Gasteiger partial charge on any atom is -0.467 e. The number of aliphatic hydroxyl groups is 1. The number of methoxy groups -OCH3 is 1. The molecule has 4 aliphatic rings. The highest BCUT2D eigenvalue weighted by Crippen LogP contribution is 2.66. The topological polar surface area (TPSA) is 97.2 Å². The van der Waals surface area contributed by atoms with Gasteiger partial charge >= 0.3 is 5.97 Å². The number of rotatable bonds is 7. The van der Waals surface area contributed by atoms with Gasteiger partial charge in [0, 0.05) is 11.8 Å². The van der Waals surface area contributed by atoms with Crippen LogP contribution in [0, 0.1) is 28.6 Å². The predicted molar refractivity (Wildman–Crippen MR) is 150 cm³/mol. The molecule has 1 amide bonds. The first-order valence-electron chi connectivity index (χ1n) is 14.3. The molecular formula is C32H42N2O5. The average molecular weight is 535 g/mol. The van der Waals surface area contributed by atoms with Crippen LogP contribution < -0.4 is 5.32 Å². The lowest BCUT2D eigenvalue weighted by atomic mass is 9.47. The van der Waals surface area contributed by atoms with Crippen molar-refractivity contribution < 1.29 is 24.3 Å². The third kappa shape index (κ3) is 5.06. The number of esters is 1. The second-order valence-corrected chi connectivity index (χ2v) is 12.6. The molecule has 0 heterocycles. The lowest BCUT2D eigenvalue weighted by Crippen LogP contribution is -2.53. The summed E-state index contributed by atoms with van der Waals surface area (Å²) in [6.45, 7) is 6.43. The number of nitrogens with one attached hydrogen (secondary N) is 1. The number of hydrogen-bond acceptors (Lipinski definition) is 6. The van der Waals surface area contributed by atoms with Crippen LogP contribution >= 0.6 is 0 Å². The number of hydrogen-bond donors (Lipinski definition) is 2. The molecule has 2 N–H and O–H groups in total. The summed E-state index contributed by atoms with van der Waals surface area (Å²) in [4.78, 5) is 30.2. The van der Waals surface area contributed by atoms with E-state index in [9.17, 15) is 14.7 Å². The van der Waals surface area contributed by atoms with Crippen molar-refractivity contribution >= 4 is 17.6 Å². The monoisotopic (exact) mass is 534 g/mol. The summed E-state index contributed by atoms with van der Waals surface area (Å²) in [5, 5.41) is 18.1. The summed E-state index contributed by atoms with van der Waals surface area (Å²) in [6, 6.07) is 8.68. The van der Waals surface area contributed by atoms with E-state index in [4.69, 9.17) is 9.57 Å². The van der Waals surface area contributed by atoms with Crippen LogP contribution in [0.5, 0.6) is 0 Å². The first-order chi connectivity index (χ1) is 18.6. The molecule has 0 unspecified atom stereocenters. The molecule has 1 aromatic rings. The standard InChI is InChI=1S/C32H42N2O5/c1-30-15-12-23(34-39-20-28(35)33-27(29(36)38-4)18-21-8-6-5-7-9-21)19-22(30)10-11-24-25(30)13-16-31(2)26(24)14-17-32(31,3)37/h5-9,12,15,19,24-27,37H,10-11,13-14,16-18,20H2,1-4H3,(H,33,35)/t24-,25+,26-,27-,30-,31-,32-/m0/s1. The van der Waals surface area contributed by atoms with Gasteiger partial charge in [0.1, 0.15) is 11.8 Å². The maximum Gasteiger partial charge on any atom is 0.328 e. The van der Waals surface area contributed by atoms with Gasteiger partial charge in [-0.15, -0.1) is 0 Å². The molecule has 7 heteroatoms. The first kappa shape index (κ1) is 27.6. The van der Waals surface area contributed by atoms with Crippen LogP contribution in [0.2, 0.25) is 0 Å². The molecule has 0 saturated heterocycles. The highest BCUT2D eigenvalue weighted by Gasteiger charge is 2.61. The Morgan fingerprint density at radius 3 is 2.59 bits per heavy atom. The van der Waals surface area contributed by atoms with Gasteiger partial charge in [0.2, 0.25) is 0 Å². The van der Waals surface area contributed by atoms with Gasteiger partial charge in [-0.3, -0.25) is 4.79 Å². The molecule has 4 aliphatic carbocycles. The Morgan fingerprint density at radius 1 is 1.10 bits per heavy atom. The van der Waals surface area contributed by atoms with Gasteiger partial charge in [0.05, 0.1) is 12.7 Å². The van der Waals surface area contributed by atoms with Crippen LogP contribution in [-0.2, 0) is 25.6 Å². The first-order valence-corrected chi connectivity index (χ1v) is 14.3. The summed E-state index contributed by atoms with van der Waals surface area (Å²) < 4.78 is 4.87. The van der Waals surface area contributed by atoms with Crippen LogP contribution in [0.3, 0.4) is 0 Å². The van der Waals surface area contributed by atoms with Crippen molar-refractivity contribution in [3.63, 3.8) is 0 Å². The Labute approximate surface area is 231 Å². The smallest absolute Gasteiger partial charge is 0.328 e. The highest BCUT2D eigenvalue weighted by atomic mass is 16.6. The van der Waals surface area contributed by atoms with Crippen LogP contribution in [-0.4, -0.2) is 48.1 Å². The second-order valence-electron chi connectivity index (χ2n) is 12.6. The average Bonchev–Trinajstić information content (AvgIpc) is 3.17. The number of ether oxygens (including phenoxy) is 1. The zero-order valence-electron chi connectivity index (χ0n) is 23.6. The molecule has 5 rings (SSSR count). The van der Waals surface area contributed by atoms with Gasteiger partial charge in [-0.25, -0.2) is 4.79 Å². The van der Waals surface area contributed by atoms with Crippen molar-refractivity contribution in [2.45, 2.75) is 77.4 Å². The number of oxime groups is 1. The molecule has 0 spiro atoms. The van der Waals surface area contributed by atoms with Gasteiger partial charge < -0.3 is 20.0 Å². The minimum absolute atomic E-state index is 0.0130. The fourth-order valence-electron chi connectivity index (χ4n) is 8.09. The van der Waals surface area contributed by atoms with E-state index in [0.29, 0.717) is 29.9 Å². The number of fused-ring (bicyclic) bond motifs is 5. The zero-order valence-corrected chi connectivity index (χ0v) is 23.6. The van der Waals surface area contributed by atoms with Gasteiger partial charge in [-0.05, 0) is 86.3 Å². The SMILES string of the molecule is COC(=O)[C@H](Cc1ccccc1)NC(=O)CON=C1C=C[C@@]2(C)C(=C1)CC[C@H]1[C@H]2CC[C@@]2(C)[C@H]1CC[C@]2(C)O. The third-order valence-electron chi connectivity index (χ3n) is 10.6. The van der Waals surface area contributed by atoms with E-state index >= 15 is 0 Å². The Balaban J connectivity index is 1.20. The Morgan fingerprint density at radius 2 is 1.85 bits per heavy atom. The maximum atomic E-state index is 12.5. The van der Waals surface area contributed by atoms with E-state index in [1.165, 1.54) is 12.7 Å². The Kier molecular flexibility index (Phi) is 7.49. The second kappa shape index (κ2) is 10.6. The van der Waals surface area contributed by atoms with Crippen molar-refractivity contribution in [2.75, 3.05) is 13.7 Å². The fraction of sp³-hybridized carbons (Fsp3) is 0.594. The number of benzene rings is 1. The van der Waals surface area contributed by atoms with Crippen LogP contribution in [0.4, 0.5) is 0 Å². The Hall–Kier alpha value is -2.93. The third-order valence-corrected chi connectivity index (χ3v) is 10.6. The van der Waals surface area contributed by atoms with Gasteiger partial charge in [-0.2, -0.15) is 0 Å². The minimum atomic E-state index is -0.797. The summed E-state index contributed by atoms with van der Waals surface area (Å²) in [5.74, 6) is 0.833. The Bertz CT molecular complexity index is 1190. The molecular weight excluding hydrogens is 492 g/mol. The van der Waals surface area contributed by atoms with E-state index < -0.39 is 23.5 Å². The maximum absolute atomic E-state index is 12.5. The van der Waals surface area contributed by atoms with Crippen LogP contribution in [0.1, 0.15) is 64.9 Å². The molecule has 210 valence electrons. The predicted octanol–water partition coefficient (Wildman–Crippen LogP) is 4.75. The number of allylic oxidation sites excluding steroid dienone is 4. The summed E-state index contributed by atoms with van der Waals surface area (Å²) in [7, 11) is 1.31. The van der Waals surface area contributed by atoms with Crippen molar-refractivity contribution in [3.05, 3.63) is 59.7 Å². The van der Waals surface area contributed by atoms with Crippen LogP contribution in [0.25, 0.3) is 0 Å².